The molecule has 8 heteroatoms. The highest BCUT2D eigenvalue weighted by Gasteiger charge is 2.26. The lowest BCUT2D eigenvalue weighted by Crippen LogP contribution is -2.46. The van der Waals surface area contributed by atoms with E-state index < -0.39 is 6.04 Å². The maximum absolute atomic E-state index is 13.2. The Balaban J connectivity index is 2.19. The molecule has 0 saturated carbocycles. The van der Waals surface area contributed by atoms with Crippen molar-refractivity contribution >= 4 is 35.0 Å². The van der Waals surface area contributed by atoms with Gasteiger partial charge in [-0.3, -0.25) is 9.59 Å². The Morgan fingerprint density at radius 3 is 2.34 bits per heavy atom. The summed E-state index contributed by atoms with van der Waals surface area (Å²) in [6.07, 6.45) is 0.725. The smallest absolute Gasteiger partial charge is 0.242 e. The van der Waals surface area contributed by atoms with E-state index in [0.717, 1.165) is 11.1 Å². The zero-order valence-electron chi connectivity index (χ0n) is 18.9. The van der Waals surface area contributed by atoms with Crippen molar-refractivity contribution in [1.82, 2.24) is 10.2 Å². The fraction of sp³-hybridized carbons (Fsp3) is 0.417. The van der Waals surface area contributed by atoms with Crippen molar-refractivity contribution in [2.45, 2.75) is 46.2 Å². The fourth-order valence-electron chi connectivity index (χ4n) is 3.27. The Hall–Kier alpha value is -2.44. The van der Waals surface area contributed by atoms with E-state index in [4.69, 9.17) is 32.7 Å². The van der Waals surface area contributed by atoms with Crippen LogP contribution in [0, 0.1) is 0 Å². The molecule has 174 valence electrons. The molecule has 2 rings (SSSR count). The molecule has 0 bridgehead atoms. The van der Waals surface area contributed by atoms with Gasteiger partial charge in [0.15, 0.2) is 11.5 Å². The first-order valence-electron chi connectivity index (χ1n) is 10.6. The minimum atomic E-state index is -0.654. The van der Waals surface area contributed by atoms with E-state index in [1.54, 1.807) is 32.2 Å². The monoisotopic (exact) mass is 480 g/mol. The summed E-state index contributed by atoms with van der Waals surface area (Å²) in [5, 5.41) is 3.57. The number of ether oxygens (including phenoxy) is 2. The largest absolute Gasteiger partial charge is 0.490 e. The van der Waals surface area contributed by atoms with Crippen molar-refractivity contribution in [3.05, 3.63) is 57.6 Å². The Bertz CT molecular complexity index is 936. The van der Waals surface area contributed by atoms with Gasteiger partial charge >= 0.3 is 0 Å². The molecule has 2 aromatic rings. The third-order valence-corrected chi connectivity index (χ3v) is 5.59. The van der Waals surface area contributed by atoms with E-state index >= 15 is 0 Å². The summed E-state index contributed by atoms with van der Waals surface area (Å²) in [5.41, 5.74) is 1.67. The second-order valence-electron chi connectivity index (χ2n) is 7.19. The number of likely N-dealkylation sites (N-methyl/N-ethyl adjacent to an activating group) is 1. The van der Waals surface area contributed by atoms with E-state index in [1.807, 2.05) is 32.0 Å². The van der Waals surface area contributed by atoms with Crippen LogP contribution in [-0.4, -0.2) is 43.0 Å². The lowest BCUT2D eigenvalue weighted by atomic mass is 10.1. The van der Waals surface area contributed by atoms with Crippen molar-refractivity contribution in [1.29, 1.82) is 0 Å². The third kappa shape index (κ3) is 7.04. The van der Waals surface area contributed by atoms with E-state index in [2.05, 4.69) is 5.32 Å². The SMILES string of the molecule is CCOc1ccc(CCC(=O)N(Cc2ccc(Cl)cc2Cl)[C@@H](C)C(=O)NC)cc1OCC. The number of halogens is 2. The molecule has 0 spiro atoms. The number of aryl methyl sites for hydroxylation is 1. The lowest BCUT2D eigenvalue weighted by Gasteiger charge is -2.29. The maximum atomic E-state index is 13.2. The quantitative estimate of drug-likeness (QED) is 0.497. The number of nitrogens with one attached hydrogen (secondary N) is 1. The van der Waals surface area contributed by atoms with Crippen molar-refractivity contribution in [3.8, 4) is 11.5 Å². The van der Waals surface area contributed by atoms with E-state index in [9.17, 15) is 9.59 Å². The number of carbonyl (C=O) groups is 2. The minimum Gasteiger partial charge on any atom is -0.490 e. The highest BCUT2D eigenvalue weighted by Crippen LogP contribution is 2.29. The second kappa shape index (κ2) is 12.6. The summed E-state index contributed by atoms with van der Waals surface area (Å²) in [6.45, 7) is 6.78. The molecule has 0 radical (unpaired) electrons. The van der Waals surface area contributed by atoms with Crippen molar-refractivity contribution in [2.75, 3.05) is 20.3 Å². The Morgan fingerprint density at radius 1 is 1.03 bits per heavy atom. The van der Waals surface area contributed by atoms with Gasteiger partial charge in [-0.1, -0.05) is 35.3 Å². The first kappa shape index (κ1) is 25.8. The second-order valence-corrected chi connectivity index (χ2v) is 8.04. The summed E-state index contributed by atoms with van der Waals surface area (Å²) < 4.78 is 11.3. The first-order chi connectivity index (χ1) is 15.3. The predicted octanol–water partition coefficient (Wildman–Crippen LogP) is 4.89. The van der Waals surface area contributed by atoms with Gasteiger partial charge in [-0.05, 0) is 62.6 Å². The van der Waals surface area contributed by atoms with Crippen LogP contribution in [0.25, 0.3) is 0 Å². The number of nitrogens with zero attached hydrogens (tertiary/aromatic N) is 1. The maximum Gasteiger partial charge on any atom is 0.242 e. The Morgan fingerprint density at radius 2 is 1.72 bits per heavy atom. The summed E-state index contributed by atoms with van der Waals surface area (Å²) in [7, 11) is 1.55. The molecule has 0 heterocycles. The van der Waals surface area contributed by atoms with Crippen LogP contribution in [0.15, 0.2) is 36.4 Å². The molecule has 1 atom stereocenters. The van der Waals surface area contributed by atoms with E-state index in [1.165, 1.54) is 4.90 Å². The fourth-order valence-corrected chi connectivity index (χ4v) is 3.74. The van der Waals surface area contributed by atoms with Crippen LogP contribution in [0.3, 0.4) is 0 Å². The topological polar surface area (TPSA) is 67.9 Å². The zero-order chi connectivity index (χ0) is 23.7. The average Bonchev–Trinajstić information content (AvgIpc) is 2.77. The summed E-state index contributed by atoms with van der Waals surface area (Å²) in [5.74, 6) is 0.932. The molecular weight excluding hydrogens is 451 g/mol. The molecule has 6 nitrogen and oxygen atoms in total. The van der Waals surface area contributed by atoms with Crippen molar-refractivity contribution in [3.63, 3.8) is 0 Å². The van der Waals surface area contributed by atoms with E-state index in [0.29, 0.717) is 41.2 Å². The minimum absolute atomic E-state index is 0.154. The van der Waals surface area contributed by atoms with E-state index in [-0.39, 0.29) is 24.8 Å². The number of amides is 2. The summed E-state index contributed by atoms with van der Waals surface area (Å²) in [4.78, 5) is 27.0. The lowest BCUT2D eigenvalue weighted by molar-refractivity contribution is -0.140. The summed E-state index contributed by atoms with van der Waals surface area (Å²) in [6, 6.07) is 10.1. The average molecular weight is 481 g/mol. The number of rotatable bonds is 11. The highest BCUT2D eigenvalue weighted by atomic mass is 35.5. The van der Waals surface area contributed by atoms with Gasteiger partial charge in [-0.25, -0.2) is 0 Å². The van der Waals surface area contributed by atoms with Crippen LogP contribution in [0.5, 0.6) is 11.5 Å². The zero-order valence-corrected chi connectivity index (χ0v) is 20.4. The molecule has 0 aliphatic carbocycles. The van der Waals surface area contributed by atoms with Crippen molar-refractivity contribution < 1.29 is 19.1 Å². The first-order valence-corrected chi connectivity index (χ1v) is 11.4. The molecule has 0 fully saturated rings. The van der Waals surface area contributed by atoms with Crippen LogP contribution >= 0.6 is 23.2 Å². The molecule has 0 aliphatic heterocycles. The van der Waals surface area contributed by atoms with Gasteiger partial charge in [0.25, 0.3) is 0 Å². The number of carbonyl (C=O) groups excluding carboxylic acids is 2. The molecule has 0 aromatic heterocycles. The number of hydrogen-bond donors (Lipinski definition) is 1. The highest BCUT2D eigenvalue weighted by molar-refractivity contribution is 6.35. The molecule has 0 unspecified atom stereocenters. The van der Waals surface area contributed by atoms with Gasteiger partial charge in [0.1, 0.15) is 6.04 Å². The molecule has 2 aromatic carbocycles. The van der Waals surface area contributed by atoms with Crippen LogP contribution in [0.2, 0.25) is 10.0 Å². The number of hydrogen-bond acceptors (Lipinski definition) is 4. The molecule has 2 amide bonds. The van der Waals surface area contributed by atoms with Crippen LogP contribution < -0.4 is 14.8 Å². The van der Waals surface area contributed by atoms with Gasteiger partial charge in [0.2, 0.25) is 11.8 Å². The number of benzene rings is 2. The van der Waals surface area contributed by atoms with Gasteiger partial charge < -0.3 is 19.7 Å². The molecular formula is C24H30Cl2N2O4. The molecule has 0 aliphatic rings. The molecule has 32 heavy (non-hydrogen) atoms. The third-order valence-electron chi connectivity index (χ3n) is 5.00. The molecule has 0 saturated heterocycles. The van der Waals surface area contributed by atoms with Crippen LogP contribution in [0.1, 0.15) is 38.3 Å². The van der Waals surface area contributed by atoms with Gasteiger partial charge in [0.05, 0.1) is 13.2 Å². The van der Waals surface area contributed by atoms with Gasteiger partial charge in [0, 0.05) is 30.1 Å². The van der Waals surface area contributed by atoms with Gasteiger partial charge in [-0.15, -0.1) is 0 Å². The Kier molecular flexibility index (Phi) is 10.1. The van der Waals surface area contributed by atoms with Crippen LogP contribution in [0.4, 0.5) is 0 Å². The van der Waals surface area contributed by atoms with Gasteiger partial charge in [-0.2, -0.15) is 0 Å². The standard InChI is InChI=1S/C24H30Cl2N2O4/c1-5-31-21-11-7-17(13-22(21)32-6-2)8-12-23(29)28(16(3)24(30)27-4)15-18-9-10-19(25)14-20(18)26/h7,9-11,13-14,16H,5-6,8,12,15H2,1-4H3,(H,27,30)/t16-/m0/s1. The summed E-state index contributed by atoms with van der Waals surface area (Å²) >= 11 is 12.3. The predicted molar refractivity (Wildman–Crippen MR) is 128 cm³/mol. The normalized spacial score (nSPS) is 11.6. The van der Waals surface area contributed by atoms with Crippen molar-refractivity contribution in [2.24, 2.45) is 0 Å². The Labute approximate surface area is 199 Å². The molecule has 1 N–H and O–H groups in total. The van der Waals surface area contributed by atoms with Crippen LogP contribution in [-0.2, 0) is 22.6 Å².